The summed E-state index contributed by atoms with van der Waals surface area (Å²) >= 11 is 6.40. The van der Waals surface area contributed by atoms with E-state index in [1.807, 2.05) is 22.8 Å². The van der Waals surface area contributed by atoms with Gasteiger partial charge in [-0.2, -0.15) is 0 Å². The second-order valence-electron chi connectivity index (χ2n) is 8.96. The molecule has 1 aromatic carbocycles. The molecule has 3 amide bonds. The third-order valence-electron chi connectivity index (χ3n) is 6.50. The molecule has 2 fully saturated rings. The molecule has 0 spiro atoms. The highest BCUT2D eigenvalue weighted by atomic mass is 35.5. The van der Waals surface area contributed by atoms with E-state index in [-0.39, 0.29) is 18.0 Å². The van der Waals surface area contributed by atoms with Crippen LogP contribution >= 0.6 is 11.6 Å². The number of urea groups is 1. The van der Waals surface area contributed by atoms with Crippen LogP contribution in [0.3, 0.4) is 0 Å². The van der Waals surface area contributed by atoms with Gasteiger partial charge in [-0.25, -0.2) is 14.8 Å². The molecule has 33 heavy (non-hydrogen) atoms. The highest BCUT2D eigenvalue weighted by Crippen LogP contribution is 2.27. The normalized spacial score (nSPS) is 19.1. The Labute approximate surface area is 199 Å². The lowest BCUT2D eigenvalue weighted by Gasteiger charge is -2.41. The number of carbonyl (C=O) groups is 2. The second-order valence-corrected chi connectivity index (χ2v) is 9.40. The molecule has 2 aromatic rings. The molecule has 4 rings (SSSR count). The van der Waals surface area contributed by atoms with Gasteiger partial charge in [0.25, 0.3) is 5.91 Å². The molecular weight excluding hydrogens is 440 g/mol. The van der Waals surface area contributed by atoms with Gasteiger partial charge in [-0.05, 0) is 56.9 Å². The van der Waals surface area contributed by atoms with E-state index in [1.165, 1.54) is 12.4 Å². The van der Waals surface area contributed by atoms with E-state index in [9.17, 15) is 9.59 Å². The van der Waals surface area contributed by atoms with Crippen molar-refractivity contribution in [2.24, 2.45) is 0 Å². The summed E-state index contributed by atoms with van der Waals surface area (Å²) in [6.07, 6.45) is 5.24. The zero-order chi connectivity index (χ0) is 23.5. The van der Waals surface area contributed by atoms with Gasteiger partial charge in [0.15, 0.2) is 0 Å². The minimum atomic E-state index is -0.269. The lowest BCUT2D eigenvalue weighted by Crippen LogP contribution is -2.56. The van der Waals surface area contributed by atoms with Gasteiger partial charge in [-0.15, -0.1) is 0 Å². The number of aryl methyl sites for hydroxylation is 1. The summed E-state index contributed by atoms with van der Waals surface area (Å²) in [6, 6.07) is 4.03. The maximum absolute atomic E-state index is 12.8. The van der Waals surface area contributed by atoms with E-state index in [2.05, 4.69) is 27.1 Å². The van der Waals surface area contributed by atoms with Crippen LogP contribution in [0.2, 0.25) is 5.02 Å². The molecule has 0 bridgehead atoms. The first-order valence-corrected chi connectivity index (χ1v) is 11.9. The number of likely N-dealkylation sites (tertiary alicyclic amines) is 1. The molecule has 2 aliphatic rings. The predicted octanol–water partition coefficient (Wildman–Crippen LogP) is 3.72. The van der Waals surface area contributed by atoms with Crippen LogP contribution in [0.15, 0.2) is 24.5 Å². The average Bonchev–Trinajstić information content (AvgIpc) is 3.32. The van der Waals surface area contributed by atoms with E-state index < -0.39 is 0 Å². The van der Waals surface area contributed by atoms with E-state index in [1.54, 1.807) is 13.0 Å². The Morgan fingerprint density at radius 1 is 1.09 bits per heavy atom. The average molecular weight is 471 g/mol. The summed E-state index contributed by atoms with van der Waals surface area (Å²) in [5.41, 5.74) is 3.11. The first-order chi connectivity index (χ1) is 15.8. The van der Waals surface area contributed by atoms with Crippen molar-refractivity contribution < 1.29 is 9.59 Å². The van der Waals surface area contributed by atoms with Crippen LogP contribution < -0.4 is 5.32 Å². The molecule has 1 aromatic heterocycles. The molecule has 9 heteroatoms. The molecule has 176 valence electrons. The number of hydrogen-bond acceptors (Lipinski definition) is 5. The second kappa shape index (κ2) is 10.1. The third kappa shape index (κ3) is 5.45. The van der Waals surface area contributed by atoms with Gasteiger partial charge < -0.3 is 15.1 Å². The van der Waals surface area contributed by atoms with Crippen molar-refractivity contribution in [2.45, 2.75) is 46.2 Å². The van der Waals surface area contributed by atoms with Crippen molar-refractivity contribution in [1.82, 2.24) is 24.7 Å². The van der Waals surface area contributed by atoms with Crippen LogP contribution in [0.4, 0.5) is 10.5 Å². The molecule has 1 atom stereocenters. The first kappa shape index (κ1) is 23.4. The number of nitrogens with zero attached hydrogens (tertiary/aromatic N) is 5. The predicted molar refractivity (Wildman–Crippen MR) is 129 cm³/mol. The van der Waals surface area contributed by atoms with E-state index in [4.69, 9.17) is 11.6 Å². The molecule has 2 saturated heterocycles. The molecule has 0 saturated carbocycles. The van der Waals surface area contributed by atoms with Crippen molar-refractivity contribution in [3.05, 3.63) is 52.1 Å². The van der Waals surface area contributed by atoms with Crippen LogP contribution in [0.5, 0.6) is 0 Å². The standard InChI is InChI=1S/C24H31ClN6O2/c1-16-14-29(8-9-31(16)24(33)30-6-4-5-7-30)15-19-10-21(25)11-22(17(19)2)28-23(32)20-12-26-18(3)27-13-20/h10-13,16H,4-9,14-15H2,1-3H3,(H,28,32). The van der Waals surface area contributed by atoms with Crippen LogP contribution in [0.25, 0.3) is 0 Å². The van der Waals surface area contributed by atoms with Crippen molar-refractivity contribution in [3.8, 4) is 0 Å². The zero-order valence-corrected chi connectivity index (χ0v) is 20.2. The number of carbonyl (C=O) groups excluding carboxylic acids is 2. The maximum atomic E-state index is 12.8. The summed E-state index contributed by atoms with van der Waals surface area (Å²) in [7, 11) is 0. The number of rotatable bonds is 4. The lowest BCUT2D eigenvalue weighted by molar-refractivity contribution is 0.0814. The molecular formula is C24H31ClN6O2. The van der Waals surface area contributed by atoms with Gasteiger partial charge in [0.05, 0.1) is 5.56 Å². The Kier molecular flexibility index (Phi) is 7.14. The van der Waals surface area contributed by atoms with Crippen LogP contribution in [0.1, 0.15) is 47.1 Å². The largest absolute Gasteiger partial charge is 0.325 e. The van der Waals surface area contributed by atoms with E-state index in [0.29, 0.717) is 35.2 Å². The number of piperazine rings is 1. The summed E-state index contributed by atoms with van der Waals surface area (Å²) in [5, 5.41) is 3.52. The Bertz CT molecular complexity index is 1020. The molecule has 0 radical (unpaired) electrons. The molecule has 0 aliphatic carbocycles. The lowest BCUT2D eigenvalue weighted by atomic mass is 10.0. The van der Waals surface area contributed by atoms with Crippen molar-refractivity contribution >= 4 is 29.2 Å². The molecule has 3 heterocycles. The number of halogens is 1. The Hall–Kier alpha value is -2.71. The monoisotopic (exact) mass is 470 g/mol. The van der Waals surface area contributed by atoms with Gasteiger partial charge in [0.1, 0.15) is 5.82 Å². The number of benzene rings is 1. The fraction of sp³-hybridized carbons (Fsp3) is 0.500. The summed E-state index contributed by atoms with van der Waals surface area (Å²) in [4.78, 5) is 40.0. The first-order valence-electron chi connectivity index (χ1n) is 11.5. The number of hydrogen-bond donors (Lipinski definition) is 1. The molecule has 1 N–H and O–H groups in total. The quantitative estimate of drug-likeness (QED) is 0.736. The fourth-order valence-electron chi connectivity index (χ4n) is 4.53. The highest BCUT2D eigenvalue weighted by molar-refractivity contribution is 6.31. The Balaban J connectivity index is 1.42. The molecule has 8 nitrogen and oxygen atoms in total. The van der Waals surface area contributed by atoms with E-state index >= 15 is 0 Å². The Morgan fingerprint density at radius 3 is 2.45 bits per heavy atom. The smallest absolute Gasteiger partial charge is 0.320 e. The van der Waals surface area contributed by atoms with Crippen LogP contribution in [-0.2, 0) is 6.54 Å². The van der Waals surface area contributed by atoms with Crippen molar-refractivity contribution in [2.75, 3.05) is 38.0 Å². The SMILES string of the molecule is Cc1ncc(C(=O)Nc2cc(Cl)cc(CN3CCN(C(=O)N4CCCC4)C(C)C3)c2C)cn1. The maximum Gasteiger partial charge on any atom is 0.320 e. The number of aromatic nitrogens is 2. The van der Waals surface area contributed by atoms with Gasteiger partial charge in [0, 0.05) is 68.4 Å². The van der Waals surface area contributed by atoms with E-state index in [0.717, 1.165) is 50.1 Å². The van der Waals surface area contributed by atoms with Gasteiger partial charge in [0.2, 0.25) is 0 Å². The third-order valence-corrected chi connectivity index (χ3v) is 6.72. The number of amides is 3. The van der Waals surface area contributed by atoms with Crippen molar-refractivity contribution in [1.29, 1.82) is 0 Å². The summed E-state index contributed by atoms with van der Waals surface area (Å²) in [6.45, 7) is 10.6. The van der Waals surface area contributed by atoms with Gasteiger partial charge >= 0.3 is 6.03 Å². The summed E-state index contributed by atoms with van der Waals surface area (Å²) < 4.78 is 0. The number of anilines is 1. The number of nitrogens with one attached hydrogen (secondary N) is 1. The van der Waals surface area contributed by atoms with Gasteiger partial charge in [-0.1, -0.05) is 11.6 Å². The summed E-state index contributed by atoms with van der Waals surface area (Å²) in [5.74, 6) is 0.346. The van der Waals surface area contributed by atoms with Crippen LogP contribution in [0, 0.1) is 13.8 Å². The highest BCUT2D eigenvalue weighted by Gasteiger charge is 2.31. The van der Waals surface area contributed by atoms with Crippen molar-refractivity contribution in [3.63, 3.8) is 0 Å². The zero-order valence-electron chi connectivity index (χ0n) is 19.5. The minimum Gasteiger partial charge on any atom is -0.325 e. The molecule has 1 unspecified atom stereocenters. The van der Waals surface area contributed by atoms with Crippen LogP contribution in [-0.4, -0.2) is 75.4 Å². The topological polar surface area (TPSA) is 81.7 Å². The van der Waals surface area contributed by atoms with Gasteiger partial charge in [-0.3, -0.25) is 9.69 Å². The Morgan fingerprint density at radius 2 is 1.79 bits per heavy atom. The molecule has 2 aliphatic heterocycles. The fourth-order valence-corrected chi connectivity index (χ4v) is 4.77. The minimum absolute atomic E-state index is 0.145.